The van der Waals surface area contributed by atoms with Crippen molar-refractivity contribution >= 4 is 29.3 Å². The number of thioether (sulfide) groups is 1. The van der Waals surface area contributed by atoms with Crippen LogP contribution in [0.3, 0.4) is 0 Å². The van der Waals surface area contributed by atoms with Gasteiger partial charge in [-0.2, -0.15) is 0 Å². The fourth-order valence-corrected chi connectivity index (χ4v) is 5.50. The molecule has 1 aromatic carbocycles. The number of likely N-dealkylation sites (tertiary alicyclic amines) is 2. The third-order valence-electron chi connectivity index (χ3n) is 5.98. The quantitative estimate of drug-likeness (QED) is 0.865. The van der Waals surface area contributed by atoms with Crippen LogP contribution in [-0.2, 0) is 4.79 Å². The molecule has 1 N–H and O–H groups in total. The van der Waals surface area contributed by atoms with E-state index < -0.39 is 0 Å². The Morgan fingerprint density at radius 3 is 2.73 bits per heavy atom. The van der Waals surface area contributed by atoms with Crippen molar-refractivity contribution in [1.29, 1.82) is 0 Å². The van der Waals surface area contributed by atoms with E-state index in [2.05, 4.69) is 24.1 Å². The third-order valence-corrected chi connectivity index (χ3v) is 7.06. The van der Waals surface area contributed by atoms with E-state index in [0.717, 1.165) is 30.1 Å². The Hall–Kier alpha value is -1.53. The van der Waals surface area contributed by atoms with Gasteiger partial charge in [0.25, 0.3) is 5.91 Å². The summed E-state index contributed by atoms with van der Waals surface area (Å²) < 4.78 is 0. The number of piperidine rings is 1. The molecule has 2 saturated heterocycles. The first-order valence-electron chi connectivity index (χ1n) is 9.66. The number of nitrogens with zero attached hydrogens (tertiary/aromatic N) is 2. The molecule has 0 saturated carbocycles. The Kier molecular flexibility index (Phi) is 4.97. The van der Waals surface area contributed by atoms with Crippen LogP contribution in [0.5, 0.6) is 0 Å². The van der Waals surface area contributed by atoms with Crippen LogP contribution >= 0.6 is 11.8 Å². The van der Waals surface area contributed by atoms with Gasteiger partial charge in [-0.15, -0.1) is 11.8 Å². The molecule has 3 aliphatic rings. The number of benzene rings is 1. The standard InChI is InChI=1S/C20H27N3O2S/c1-13-5-6-14(2)23(13)16-4-3-9-22(11-16)20(25)15-7-8-18-17(10-15)21-19(24)12-26-18/h7-8,10,13-14,16H,3-6,9,11-12H2,1-2H3,(H,21,24)/t13-,14+,16-/m0/s1. The monoisotopic (exact) mass is 373 g/mol. The van der Waals surface area contributed by atoms with Crippen molar-refractivity contribution in [2.24, 2.45) is 0 Å². The Bertz CT molecular complexity index is 713. The minimum Gasteiger partial charge on any atom is -0.337 e. The second-order valence-corrected chi connectivity index (χ2v) is 8.83. The maximum absolute atomic E-state index is 13.1. The summed E-state index contributed by atoms with van der Waals surface area (Å²) in [6, 6.07) is 7.39. The van der Waals surface area contributed by atoms with Gasteiger partial charge in [0.15, 0.2) is 0 Å². The predicted molar refractivity (Wildman–Crippen MR) is 105 cm³/mol. The molecule has 140 valence electrons. The first kappa shape index (κ1) is 17.9. The van der Waals surface area contributed by atoms with Gasteiger partial charge in [0.1, 0.15) is 0 Å². The largest absolute Gasteiger partial charge is 0.337 e. The van der Waals surface area contributed by atoms with Crippen LogP contribution in [-0.4, -0.2) is 58.6 Å². The van der Waals surface area contributed by atoms with Crippen molar-refractivity contribution in [3.63, 3.8) is 0 Å². The lowest BCUT2D eigenvalue weighted by Gasteiger charge is -2.41. The van der Waals surface area contributed by atoms with Crippen LogP contribution in [0.1, 0.15) is 49.9 Å². The summed E-state index contributed by atoms with van der Waals surface area (Å²) in [5.74, 6) is 0.532. The maximum Gasteiger partial charge on any atom is 0.253 e. The van der Waals surface area contributed by atoms with Gasteiger partial charge in [0.2, 0.25) is 5.91 Å². The fraction of sp³-hybridized carbons (Fsp3) is 0.600. The Balaban J connectivity index is 1.49. The lowest BCUT2D eigenvalue weighted by molar-refractivity contribution is -0.113. The molecule has 6 heteroatoms. The van der Waals surface area contributed by atoms with Gasteiger partial charge < -0.3 is 10.2 Å². The molecular formula is C20H27N3O2S. The highest BCUT2D eigenvalue weighted by atomic mass is 32.2. The van der Waals surface area contributed by atoms with Crippen molar-refractivity contribution in [3.8, 4) is 0 Å². The van der Waals surface area contributed by atoms with Gasteiger partial charge in [-0.25, -0.2) is 0 Å². The highest BCUT2D eigenvalue weighted by molar-refractivity contribution is 8.00. The summed E-state index contributed by atoms with van der Waals surface area (Å²) in [5, 5.41) is 2.88. The molecule has 0 bridgehead atoms. The van der Waals surface area contributed by atoms with E-state index in [0.29, 0.717) is 29.4 Å². The van der Waals surface area contributed by atoms with Crippen molar-refractivity contribution in [2.45, 2.75) is 62.6 Å². The summed E-state index contributed by atoms with van der Waals surface area (Å²) in [6.07, 6.45) is 4.75. The van der Waals surface area contributed by atoms with E-state index in [4.69, 9.17) is 0 Å². The topological polar surface area (TPSA) is 52.6 Å². The maximum atomic E-state index is 13.1. The van der Waals surface area contributed by atoms with E-state index in [1.165, 1.54) is 31.0 Å². The second kappa shape index (κ2) is 7.24. The van der Waals surface area contributed by atoms with Gasteiger partial charge in [0, 0.05) is 41.7 Å². The Morgan fingerprint density at radius 1 is 1.19 bits per heavy atom. The zero-order chi connectivity index (χ0) is 18.3. The number of anilines is 1. The summed E-state index contributed by atoms with van der Waals surface area (Å²) >= 11 is 1.53. The van der Waals surface area contributed by atoms with Gasteiger partial charge in [0.05, 0.1) is 11.4 Å². The molecule has 0 aliphatic carbocycles. The first-order valence-corrected chi connectivity index (χ1v) is 10.6. The number of amides is 2. The normalized spacial score (nSPS) is 29.4. The van der Waals surface area contributed by atoms with Gasteiger partial charge in [-0.1, -0.05) is 0 Å². The number of carbonyl (C=O) groups is 2. The van der Waals surface area contributed by atoms with Gasteiger partial charge in [-0.3, -0.25) is 14.5 Å². The van der Waals surface area contributed by atoms with E-state index in [1.807, 2.05) is 23.1 Å². The van der Waals surface area contributed by atoms with Crippen molar-refractivity contribution in [1.82, 2.24) is 9.80 Å². The van der Waals surface area contributed by atoms with Crippen LogP contribution < -0.4 is 5.32 Å². The predicted octanol–water partition coefficient (Wildman–Crippen LogP) is 3.21. The Labute approximate surface area is 159 Å². The summed E-state index contributed by atoms with van der Waals surface area (Å²) in [7, 11) is 0. The average molecular weight is 374 g/mol. The third kappa shape index (κ3) is 3.37. The molecule has 3 aliphatic heterocycles. The van der Waals surface area contributed by atoms with Gasteiger partial charge >= 0.3 is 0 Å². The van der Waals surface area contributed by atoms with Crippen LogP contribution in [0.2, 0.25) is 0 Å². The number of hydrogen-bond acceptors (Lipinski definition) is 4. The molecular weight excluding hydrogens is 346 g/mol. The highest BCUT2D eigenvalue weighted by Gasteiger charge is 2.36. The minimum absolute atomic E-state index is 0.00199. The zero-order valence-corrected chi connectivity index (χ0v) is 16.3. The lowest BCUT2D eigenvalue weighted by Crippen LogP contribution is -2.52. The fourth-order valence-electron chi connectivity index (χ4n) is 4.72. The van der Waals surface area contributed by atoms with Crippen molar-refractivity contribution < 1.29 is 9.59 Å². The van der Waals surface area contributed by atoms with Gasteiger partial charge in [-0.05, 0) is 57.7 Å². The Morgan fingerprint density at radius 2 is 1.96 bits per heavy atom. The van der Waals surface area contributed by atoms with E-state index in [-0.39, 0.29) is 11.8 Å². The lowest BCUT2D eigenvalue weighted by atomic mass is 10.0. The van der Waals surface area contributed by atoms with E-state index >= 15 is 0 Å². The summed E-state index contributed by atoms with van der Waals surface area (Å²) in [6.45, 7) is 6.26. The molecule has 0 spiro atoms. The van der Waals surface area contributed by atoms with Crippen LogP contribution in [0, 0.1) is 0 Å². The van der Waals surface area contributed by atoms with Crippen molar-refractivity contribution in [2.75, 3.05) is 24.2 Å². The molecule has 0 aromatic heterocycles. The molecule has 5 nitrogen and oxygen atoms in total. The van der Waals surface area contributed by atoms with E-state index in [9.17, 15) is 9.59 Å². The molecule has 3 atom stereocenters. The van der Waals surface area contributed by atoms with E-state index in [1.54, 1.807) is 0 Å². The molecule has 2 amide bonds. The number of rotatable bonds is 2. The number of hydrogen-bond donors (Lipinski definition) is 1. The number of nitrogens with one attached hydrogen (secondary N) is 1. The molecule has 2 fully saturated rings. The highest BCUT2D eigenvalue weighted by Crippen LogP contribution is 2.33. The van der Waals surface area contributed by atoms with Crippen LogP contribution in [0.15, 0.2) is 23.1 Å². The summed E-state index contributed by atoms with van der Waals surface area (Å²) in [4.78, 5) is 30.4. The zero-order valence-electron chi connectivity index (χ0n) is 15.5. The SMILES string of the molecule is C[C@@H]1CC[C@H](C)N1[C@H]1CCCN(C(=O)c2ccc3c(c2)NC(=O)CS3)C1. The summed E-state index contributed by atoms with van der Waals surface area (Å²) in [5.41, 5.74) is 1.45. The van der Waals surface area contributed by atoms with Crippen LogP contribution in [0.25, 0.3) is 0 Å². The molecule has 4 rings (SSSR count). The smallest absolute Gasteiger partial charge is 0.253 e. The van der Waals surface area contributed by atoms with Crippen molar-refractivity contribution in [3.05, 3.63) is 23.8 Å². The molecule has 0 unspecified atom stereocenters. The second-order valence-electron chi connectivity index (χ2n) is 7.82. The number of fused-ring (bicyclic) bond motifs is 1. The minimum atomic E-state index is 0.00199. The average Bonchev–Trinajstić information content (AvgIpc) is 2.99. The van der Waals surface area contributed by atoms with Crippen LogP contribution in [0.4, 0.5) is 5.69 Å². The number of carbonyl (C=O) groups excluding carboxylic acids is 2. The molecule has 0 radical (unpaired) electrons. The molecule has 1 aromatic rings. The molecule has 26 heavy (non-hydrogen) atoms. The molecule has 3 heterocycles. The first-order chi connectivity index (χ1) is 12.5.